The minimum Gasteiger partial charge on any atom is -0.497 e. The van der Waals surface area contributed by atoms with Crippen LogP contribution >= 0.6 is 0 Å². The number of likely N-dealkylation sites (tertiary alicyclic amines) is 1. The van der Waals surface area contributed by atoms with Crippen molar-refractivity contribution < 1.29 is 18.3 Å². The van der Waals surface area contributed by atoms with Crippen LogP contribution in [0.1, 0.15) is 49.1 Å². The molecule has 0 bridgehead atoms. The minimum absolute atomic E-state index is 0.160. The van der Waals surface area contributed by atoms with Gasteiger partial charge in [0.05, 0.1) is 7.11 Å². The summed E-state index contributed by atoms with van der Waals surface area (Å²) in [6.45, 7) is 3.30. The number of halogens is 2. The maximum Gasteiger partial charge on any atom is 0.244 e. The first kappa shape index (κ1) is 23.4. The summed E-state index contributed by atoms with van der Waals surface area (Å²) in [5.41, 5.74) is 1.73. The molecule has 2 aromatic rings. The van der Waals surface area contributed by atoms with E-state index in [0.717, 1.165) is 50.7 Å². The molecule has 1 aliphatic heterocycles. The second-order valence-electron chi connectivity index (χ2n) is 9.27. The Balaban J connectivity index is 1.19. The number of nitrogens with one attached hydrogen (secondary N) is 1. The van der Waals surface area contributed by atoms with Gasteiger partial charge < -0.3 is 15.0 Å². The summed E-state index contributed by atoms with van der Waals surface area (Å²) in [5, 5.41) is 3.04. The number of benzene rings is 2. The molecule has 1 amide bonds. The van der Waals surface area contributed by atoms with Crippen molar-refractivity contribution in [1.82, 2.24) is 10.2 Å². The third-order valence-corrected chi connectivity index (χ3v) is 6.89. The number of hydrogen-bond donors (Lipinski definition) is 1. The van der Waals surface area contributed by atoms with Crippen molar-refractivity contribution in [2.45, 2.75) is 44.1 Å². The van der Waals surface area contributed by atoms with Gasteiger partial charge in [-0.1, -0.05) is 12.1 Å². The predicted molar refractivity (Wildman–Crippen MR) is 126 cm³/mol. The molecule has 1 saturated carbocycles. The maximum atomic E-state index is 13.3. The molecular formula is C27H32F2N2O2. The molecule has 1 aliphatic carbocycles. The largest absolute Gasteiger partial charge is 0.497 e. The number of carbonyl (C=O) groups is 1. The van der Waals surface area contributed by atoms with Gasteiger partial charge in [-0.05, 0) is 98.5 Å². The highest BCUT2D eigenvalue weighted by molar-refractivity contribution is 5.91. The van der Waals surface area contributed by atoms with Crippen molar-refractivity contribution in [3.63, 3.8) is 0 Å². The molecule has 2 atom stereocenters. The molecule has 2 aliphatic rings. The van der Waals surface area contributed by atoms with Crippen LogP contribution in [0, 0.1) is 17.6 Å². The summed E-state index contributed by atoms with van der Waals surface area (Å²) in [7, 11) is 1.69. The van der Waals surface area contributed by atoms with Gasteiger partial charge in [-0.15, -0.1) is 0 Å². The number of ether oxygens (including phenoxy) is 1. The number of nitrogens with zero attached hydrogens (tertiary/aromatic N) is 1. The first-order valence-electron chi connectivity index (χ1n) is 11.8. The van der Waals surface area contributed by atoms with E-state index < -0.39 is 11.6 Å². The van der Waals surface area contributed by atoms with Crippen LogP contribution in [-0.2, 0) is 4.79 Å². The zero-order valence-electron chi connectivity index (χ0n) is 19.1. The van der Waals surface area contributed by atoms with Crippen LogP contribution in [0.15, 0.2) is 48.5 Å². The van der Waals surface area contributed by atoms with Crippen LogP contribution in [0.25, 0.3) is 6.08 Å². The monoisotopic (exact) mass is 454 g/mol. The van der Waals surface area contributed by atoms with Crippen molar-refractivity contribution in [3.05, 3.63) is 71.3 Å². The molecular weight excluding hydrogens is 422 g/mol. The molecule has 1 heterocycles. The lowest BCUT2D eigenvalue weighted by Crippen LogP contribution is -2.37. The highest BCUT2D eigenvalue weighted by atomic mass is 19.1. The van der Waals surface area contributed by atoms with Gasteiger partial charge in [-0.25, -0.2) is 8.78 Å². The summed E-state index contributed by atoms with van der Waals surface area (Å²) < 4.78 is 31.8. The van der Waals surface area contributed by atoms with Gasteiger partial charge in [0.2, 0.25) is 5.91 Å². The molecule has 1 N–H and O–H groups in total. The van der Waals surface area contributed by atoms with E-state index in [1.165, 1.54) is 42.7 Å². The first-order chi connectivity index (χ1) is 16.0. The Bertz CT molecular complexity index is 948. The van der Waals surface area contributed by atoms with Crippen LogP contribution in [0.2, 0.25) is 0 Å². The van der Waals surface area contributed by atoms with Crippen molar-refractivity contribution in [2.24, 2.45) is 5.92 Å². The molecule has 6 heteroatoms. The average Bonchev–Trinajstić information content (AvgIpc) is 3.24. The van der Waals surface area contributed by atoms with Crippen molar-refractivity contribution >= 4 is 12.0 Å². The molecule has 0 spiro atoms. The molecule has 4 nitrogen and oxygen atoms in total. The number of piperidine rings is 1. The van der Waals surface area contributed by atoms with E-state index in [2.05, 4.69) is 22.3 Å². The number of carbonyl (C=O) groups excluding carboxylic acids is 1. The zero-order valence-corrected chi connectivity index (χ0v) is 19.1. The fraction of sp³-hybridized carbons (Fsp3) is 0.444. The summed E-state index contributed by atoms with van der Waals surface area (Å²) in [5.74, 6) is 0.585. The smallest absolute Gasteiger partial charge is 0.244 e. The van der Waals surface area contributed by atoms with E-state index >= 15 is 0 Å². The van der Waals surface area contributed by atoms with Crippen LogP contribution in [0.3, 0.4) is 0 Å². The maximum absolute atomic E-state index is 13.3. The molecule has 2 fully saturated rings. The lowest BCUT2D eigenvalue weighted by molar-refractivity contribution is -0.117. The summed E-state index contributed by atoms with van der Waals surface area (Å²) in [6.07, 6.45) is 8.21. The van der Waals surface area contributed by atoms with Gasteiger partial charge in [-0.3, -0.25) is 4.79 Å². The first-order valence-corrected chi connectivity index (χ1v) is 11.8. The fourth-order valence-electron chi connectivity index (χ4n) is 5.15. The Morgan fingerprint density at radius 1 is 1.06 bits per heavy atom. The van der Waals surface area contributed by atoms with E-state index in [1.54, 1.807) is 7.11 Å². The molecule has 0 radical (unpaired) electrons. The topological polar surface area (TPSA) is 41.6 Å². The number of amides is 1. The second kappa shape index (κ2) is 10.9. The van der Waals surface area contributed by atoms with Gasteiger partial charge >= 0.3 is 0 Å². The van der Waals surface area contributed by atoms with Crippen LogP contribution in [-0.4, -0.2) is 43.6 Å². The molecule has 1 saturated heterocycles. The molecule has 176 valence electrons. The Hall–Kier alpha value is -2.73. The van der Waals surface area contributed by atoms with E-state index in [1.807, 2.05) is 12.1 Å². The van der Waals surface area contributed by atoms with Gasteiger partial charge in [0.15, 0.2) is 0 Å². The standard InChI is InChI=1S/C27H32F2N2O2/c1-33-26-7-4-21(5-8-26)22-10-12-31(13-11-22)18-20-2-6-25(16-20)30-27(32)9-3-19-14-23(28)17-24(29)15-19/h3-5,7-9,14-15,17,20,22,25H,2,6,10-13,16,18H2,1H3,(H,30,32)/t20-,25+/m0/s1. The highest BCUT2D eigenvalue weighted by Crippen LogP contribution is 2.32. The lowest BCUT2D eigenvalue weighted by atomic mass is 9.89. The van der Waals surface area contributed by atoms with Crippen LogP contribution in [0.5, 0.6) is 5.75 Å². The molecule has 2 aromatic carbocycles. The van der Waals surface area contributed by atoms with E-state index in [4.69, 9.17) is 4.74 Å². The predicted octanol–water partition coefficient (Wildman–Crippen LogP) is 5.15. The highest BCUT2D eigenvalue weighted by Gasteiger charge is 2.29. The van der Waals surface area contributed by atoms with E-state index in [9.17, 15) is 13.6 Å². The quantitative estimate of drug-likeness (QED) is 0.589. The Morgan fingerprint density at radius 3 is 2.42 bits per heavy atom. The third kappa shape index (κ3) is 6.64. The van der Waals surface area contributed by atoms with E-state index in [-0.39, 0.29) is 11.9 Å². The Labute approximate surface area is 194 Å². The lowest BCUT2D eigenvalue weighted by Gasteiger charge is -2.33. The van der Waals surface area contributed by atoms with Crippen LogP contribution < -0.4 is 10.1 Å². The Kier molecular flexibility index (Phi) is 7.76. The number of methoxy groups -OCH3 is 1. The normalized spacial score (nSPS) is 22.0. The Morgan fingerprint density at radius 2 is 1.76 bits per heavy atom. The minimum atomic E-state index is -0.651. The van der Waals surface area contributed by atoms with Gasteiger partial charge in [-0.2, -0.15) is 0 Å². The molecule has 0 aromatic heterocycles. The third-order valence-electron chi connectivity index (χ3n) is 6.89. The van der Waals surface area contributed by atoms with Gasteiger partial charge in [0.1, 0.15) is 17.4 Å². The number of rotatable bonds is 7. The summed E-state index contributed by atoms with van der Waals surface area (Å²) in [6, 6.07) is 11.8. The van der Waals surface area contributed by atoms with Crippen molar-refractivity contribution in [3.8, 4) is 5.75 Å². The summed E-state index contributed by atoms with van der Waals surface area (Å²) in [4.78, 5) is 14.8. The number of hydrogen-bond acceptors (Lipinski definition) is 3. The zero-order chi connectivity index (χ0) is 23.2. The van der Waals surface area contributed by atoms with Crippen LogP contribution in [0.4, 0.5) is 8.78 Å². The second-order valence-corrected chi connectivity index (χ2v) is 9.27. The van der Waals surface area contributed by atoms with E-state index in [0.29, 0.717) is 17.4 Å². The molecule has 33 heavy (non-hydrogen) atoms. The van der Waals surface area contributed by atoms with Crippen molar-refractivity contribution in [2.75, 3.05) is 26.7 Å². The van der Waals surface area contributed by atoms with Gasteiger partial charge in [0.25, 0.3) is 0 Å². The SMILES string of the molecule is COc1ccc(C2CCN(C[C@H]3CC[C@@H](NC(=O)C=Cc4cc(F)cc(F)c4)C3)CC2)cc1. The molecule has 4 rings (SSSR count). The summed E-state index contributed by atoms with van der Waals surface area (Å²) >= 11 is 0. The molecule has 0 unspecified atom stereocenters. The van der Waals surface area contributed by atoms with Gasteiger partial charge in [0, 0.05) is 24.7 Å². The fourth-order valence-corrected chi connectivity index (χ4v) is 5.15. The van der Waals surface area contributed by atoms with Crippen molar-refractivity contribution in [1.29, 1.82) is 0 Å². The average molecular weight is 455 g/mol.